The summed E-state index contributed by atoms with van der Waals surface area (Å²) in [6.45, 7) is 0. The van der Waals surface area contributed by atoms with Gasteiger partial charge in [0.2, 0.25) is 10.0 Å². The molecule has 0 aromatic heterocycles. The summed E-state index contributed by atoms with van der Waals surface area (Å²) >= 11 is 0. The molecule has 0 unspecified atom stereocenters. The third-order valence-electron chi connectivity index (χ3n) is 1.74. The fourth-order valence-electron chi connectivity index (χ4n) is 0.952. The first kappa shape index (κ1) is 11.6. The van der Waals surface area contributed by atoms with Crippen molar-refractivity contribution in [3.05, 3.63) is 29.6 Å². The van der Waals surface area contributed by atoms with Gasteiger partial charge in [0.15, 0.2) is 0 Å². The van der Waals surface area contributed by atoms with Crippen LogP contribution in [0.4, 0.5) is 4.39 Å². The molecule has 0 amide bonds. The van der Waals surface area contributed by atoms with Gasteiger partial charge in [0, 0.05) is 0 Å². The highest BCUT2D eigenvalue weighted by Crippen LogP contribution is 2.15. The van der Waals surface area contributed by atoms with Crippen LogP contribution < -0.4 is 4.72 Å². The minimum absolute atomic E-state index is 0.287. The normalized spacial score (nSPS) is 11.3. The van der Waals surface area contributed by atoms with Crippen LogP contribution in [0.25, 0.3) is 0 Å². The maximum atomic E-state index is 13.1. The first-order chi connectivity index (χ1) is 6.88. The van der Waals surface area contributed by atoms with Crippen molar-refractivity contribution in [2.75, 3.05) is 7.05 Å². The Morgan fingerprint density at radius 2 is 2.07 bits per heavy atom. The summed E-state index contributed by atoms with van der Waals surface area (Å²) in [7, 11) is -2.86. The Kier molecular flexibility index (Phi) is 3.06. The van der Waals surface area contributed by atoms with Gasteiger partial charge in [-0.05, 0) is 25.2 Å². The van der Waals surface area contributed by atoms with E-state index < -0.39 is 26.7 Å². The summed E-state index contributed by atoms with van der Waals surface area (Å²) in [5, 5.41) is 8.60. The van der Waals surface area contributed by atoms with Crippen LogP contribution >= 0.6 is 0 Å². The van der Waals surface area contributed by atoms with E-state index in [4.69, 9.17) is 5.11 Å². The number of halogens is 1. The third kappa shape index (κ3) is 2.31. The summed E-state index contributed by atoms with van der Waals surface area (Å²) in [5.41, 5.74) is -0.287. The Morgan fingerprint density at radius 1 is 1.47 bits per heavy atom. The van der Waals surface area contributed by atoms with Gasteiger partial charge in [0.25, 0.3) is 0 Å². The van der Waals surface area contributed by atoms with Crippen LogP contribution in [0, 0.1) is 5.82 Å². The van der Waals surface area contributed by atoms with Crippen LogP contribution in [0.15, 0.2) is 23.1 Å². The van der Waals surface area contributed by atoms with E-state index in [1.807, 2.05) is 4.72 Å². The van der Waals surface area contributed by atoms with Crippen molar-refractivity contribution in [3.63, 3.8) is 0 Å². The number of hydrogen-bond donors (Lipinski definition) is 2. The van der Waals surface area contributed by atoms with Gasteiger partial charge >= 0.3 is 5.97 Å². The van der Waals surface area contributed by atoms with E-state index in [0.29, 0.717) is 0 Å². The maximum absolute atomic E-state index is 13.1. The molecule has 1 aromatic carbocycles. The second kappa shape index (κ2) is 3.95. The fraction of sp³-hybridized carbons (Fsp3) is 0.125. The fourth-order valence-corrected chi connectivity index (χ4v) is 1.78. The van der Waals surface area contributed by atoms with Gasteiger partial charge in [-0.15, -0.1) is 0 Å². The molecule has 0 bridgehead atoms. The highest BCUT2D eigenvalue weighted by atomic mass is 32.2. The van der Waals surface area contributed by atoms with Crippen LogP contribution in [0.2, 0.25) is 0 Å². The summed E-state index contributed by atoms with van der Waals surface area (Å²) in [6.07, 6.45) is 0. The van der Waals surface area contributed by atoms with Crippen molar-refractivity contribution in [1.29, 1.82) is 0 Å². The van der Waals surface area contributed by atoms with Gasteiger partial charge in [0.05, 0.1) is 5.56 Å². The molecule has 0 aliphatic rings. The lowest BCUT2D eigenvalue weighted by Gasteiger charge is -2.04. The van der Waals surface area contributed by atoms with Crippen molar-refractivity contribution >= 4 is 16.0 Å². The zero-order chi connectivity index (χ0) is 11.6. The molecular formula is C8H8FNO4S. The Balaban J connectivity index is 3.42. The minimum Gasteiger partial charge on any atom is -0.478 e. The van der Waals surface area contributed by atoms with E-state index in [1.54, 1.807) is 0 Å². The van der Waals surface area contributed by atoms with Crippen molar-refractivity contribution in [2.24, 2.45) is 0 Å². The zero-order valence-electron chi connectivity index (χ0n) is 7.69. The van der Waals surface area contributed by atoms with E-state index in [0.717, 1.165) is 25.2 Å². The lowest BCUT2D eigenvalue weighted by Crippen LogP contribution is -2.20. The summed E-state index contributed by atoms with van der Waals surface area (Å²) in [5.74, 6) is -2.31. The predicted molar refractivity (Wildman–Crippen MR) is 49.6 cm³/mol. The van der Waals surface area contributed by atoms with Crippen LogP contribution in [-0.4, -0.2) is 26.5 Å². The monoisotopic (exact) mass is 233 g/mol. The van der Waals surface area contributed by atoms with Gasteiger partial charge in [-0.1, -0.05) is 0 Å². The molecule has 0 heterocycles. The van der Waals surface area contributed by atoms with E-state index in [9.17, 15) is 17.6 Å². The van der Waals surface area contributed by atoms with Crippen molar-refractivity contribution < 1.29 is 22.7 Å². The molecule has 15 heavy (non-hydrogen) atoms. The number of carboxylic acid groups (broad SMARTS) is 1. The molecule has 0 aliphatic carbocycles. The molecule has 1 aromatic rings. The smallest absolute Gasteiger partial charge is 0.335 e. The highest BCUT2D eigenvalue weighted by Gasteiger charge is 2.19. The minimum atomic E-state index is -3.97. The average Bonchev–Trinajstić information content (AvgIpc) is 2.17. The molecule has 0 atom stereocenters. The molecule has 0 aliphatic heterocycles. The molecule has 5 nitrogen and oxygen atoms in total. The predicted octanol–water partition coefficient (Wildman–Crippen LogP) is 0.432. The van der Waals surface area contributed by atoms with Crippen LogP contribution in [0.3, 0.4) is 0 Å². The van der Waals surface area contributed by atoms with E-state index >= 15 is 0 Å². The van der Waals surface area contributed by atoms with Gasteiger partial charge < -0.3 is 5.11 Å². The second-order valence-corrected chi connectivity index (χ2v) is 4.51. The van der Waals surface area contributed by atoms with Crippen molar-refractivity contribution in [3.8, 4) is 0 Å². The number of rotatable bonds is 3. The third-order valence-corrected chi connectivity index (χ3v) is 3.17. The van der Waals surface area contributed by atoms with Crippen LogP contribution in [-0.2, 0) is 10.0 Å². The zero-order valence-corrected chi connectivity index (χ0v) is 8.51. The molecule has 1 rings (SSSR count). The molecule has 0 spiro atoms. The largest absolute Gasteiger partial charge is 0.478 e. The lowest BCUT2D eigenvalue weighted by molar-refractivity contribution is 0.0696. The number of nitrogens with one attached hydrogen (secondary N) is 1. The van der Waals surface area contributed by atoms with Crippen LogP contribution in [0.1, 0.15) is 10.4 Å². The Labute approximate surface area is 85.6 Å². The van der Waals surface area contributed by atoms with E-state index in [1.165, 1.54) is 0 Å². The summed E-state index contributed by atoms with van der Waals surface area (Å²) in [6, 6.07) is 2.56. The number of carboxylic acids is 1. The number of benzene rings is 1. The number of aromatic carboxylic acids is 1. The highest BCUT2D eigenvalue weighted by molar-refractivity contribution is 7.89. The molecule has 0 radical (unpaired) electrons. The molecule has 7 heteroatoms. The van der Waals surface area contributed by atoms with Crippen LogP contribution in [0.5, 0.6) is 0 Å². The Morgan fingerprint density at radius 3 is 2.53 bits per heavy atom. The van der Waals surface area contributed by atoms with Gasteiger partial charge in [-0.3, -0.25) is 0 Å². The van der Waals surface area contributed by atoms with E-state index in [2.05, 4.69) is 0 Å². The number of carbonyl (C=O) groups is 1. The second-order valence-electron chi connectivity index (χ2n) is 2.66. The molecule has 2 N–H and O–H groups in total. The first-order valence-corrected chi connectivity index (χ1v) is 5.33. The lowest BCUT2D eigenvalue weighted by atomic mass is 10.2. The molecule has 0 saturated heterocycles. The van der Waals surface area contributed by atoms with Gasteiger partial charge in [-0.25, -0.2) is 22.3 Å². The molecule has 0 saturated carbocycles. The quantitative estimate of drug-likeness (QED) is 0.793. The Bertz CT molecular complexity index is 497. The van der Waals surface area contributed by atoms with Crippen molar-refractivity contribution in [1.82, 2.24) is 4.72 Å². The van der Waals surface area contributed by atoms with E-state index in [-0.39, 0.29) is 5.56 Å². The average molecular weight is 233 g/mol. The number of sulfonamides is 1. The van der Waals surface area contributed by atoms with Crippen molar-refractivity contribution in [2.45, 2.75) is 4.90 Å². The first-order valence-electron chi connectivity index (χ1n) is 3.85. The topological polar surface area (TPSA) is 83.5 Å². The molecule has 82 valence electrons. The molecule has 0 fully saturated rings. The standard InChI is InChI=1S/C8H8FNO4S/c1-10-15(13,14)7-4-5(8(11)12)2-3-6(7)9/h2-4,10H,1H3,(H,11,12). The summed E-state index contributed by atoms with van der Waals surface area (Å²) in [4.78, 5) is 9.87. The Hall–Kier alpha value is -1.47. The maximum Gasteiger partial charge on any atom is 0.335 e. The van der Waals surface area contributed by atoms with Gasteiger partial charge in [0.1, 0.15) is 10.7 Å². The molecular weight excluding hydrogens is 225 g/mol. The SMILES string of the molecule is CNS(=O)(=O)c1cc(C(=O)O)ccc1F. The number of hydrogen-bond acceptors (Lipinski definition) is 3. The summed E-state index contributed by atoms with van der Waals surface area (Å²) < 4.78 is 37.5. The van der Waals surface area contributed by atoms with Gasteiger partial charge in [-0.2, -0.15) is 0 Å².